The number of benzene rings is 1. The van der Waals surface area contributed by atoms with Crippen molar-refractivity contribution in [1.82, 2.24) is 9.78 Å². The van der Waals surface area contributed by atoms with Gasteiger partial charge in [-0.05, 0) is 44.9 Å². The van der Waals surface area contributed by atoms with Crippen molar-refractivity contribution in [2.24, 2.45) is 0 Å². The molecule has 1 aromatic carbocycles. The molecule has 1 saturated heterocycles. The third kappa shape index (κ3) is 4.01. The largest absolute Gasteiger partial charge is 0.416 e. The van der Waals surface area contributed by atoms with E-state index in [2.05, 4.69) is 10.4 Å². The number of carbonyl (C=O) groups is 1. The summed E-state index contributed by atoms with van der Waals surface area (Å²) in [4.78, 5) is 12.2. The number of nitrogens with one attached hydrogen (secondary N) is 1. The Kier molecular flexibility index (Phi) is 4.32. The molecular weight excluding hydrogens is 335 g/mol. The maximum atomic E-state index is 12.8. The fourth-order valence-corrected chi connectivity index (χ4v) is 2.73. The first-order valence-electron chi connectivity index (χ1n) is 7.86. The number of carbonyl (C=O) groups excluding carboxylic acids is 1. The van der Waals surface area contributed by atoms with Gasteiger partial charge in [0.1, 0.15) is 6.10 Å². The highest BCUT2D eigenvalue weighted by molar-refractivity contribution is 5.93. The van der Waals surface area contributed by atoms with Gasteiger partial charge in [0.25, 0.3) is 5.91 Å². The lowest BCUT2D eigenvalue weighted by molar-refractivity contribution is -0.137. The van der Waals surface area contributed by atoms with Gasteiger partial charge in [-0.1, -0.05) is 6.07 Å². The van der Waals surface area contributed by atoms with Crippen LogP contribution in [0.4, 0.5) is 19.0 Å². The molecule has 1 aliphatic rings. The Labute approximate surface area is 142 Å². The van der Waals surface area contributed by atoms with Crippen LogP contribution in [0.15, 0.2) is 36.5 Å². The highest BCUT2D eigenvalue weighted by Crippen LogP contribution is 2.31. The molecule has 134 valence electrons. The van der Waals surface area contributed by atoms with Gasteiger partial charge >= 0.3 is 6.18 Å². The molecule has 25 heavy (non-hydrogen) atoms. The molecule has 0 spiro atoms. The molecule has 1 amide bonds. The van der Waals surface area contributed by atoms with E-state index in [9.17, 15) is 18.0 Å². The minimum Gasteiger partial charge on any atom is -0.363 e. The van der Waals surface area contributed by atoms with Gasteiger partial charge in [0.05, 0.1) is 16.9 Å². The fraction of sp³-hybridized carbons (Fsp3) is 0.412. The van der Waals surface area contributed by atoms with Crippen molar-refractivity contribution in [3.63, 3.8) is 0 Å². The Hall–Kier alpha value is -2.35. The zero-order valence-electron chi connectivity index (χ0n) is 13.8. The number of hydrogen-bond acceptors (Lipinski definition) is 3. The molecule has 1 aromatic heterocycles. The van der Waals surface area contributed by atoms with Crippen LogP contribution in [0.3, 0.4) is 0 Å². The molecule has 1 aliphatic heterocycles. The molecule has 2 aromatic rings. The summed E-state index contributed by atoms with van der Waals surface area (Å²) >= 11 is 0. The van der Waals surface area contributed by atoms with Gasteiger partial charge in [-0.3, -0.25) is 4.79 Å². The first-order valence-corrected chi connectivity index (χ1v) is 7.86. The van der Waals surface area contributed by atoms with Crippen LogP contribution in [0.25, 0.3) is 5.69 Å². The highest BCUT2D eigenvalue weighted by atomic mass is 19.4. The van der Waals surface area contributed by atoms with E-state index in [0.717, 1.165) is 18.6 Å². The highest BCUT2D eigenvalue weighted by Gasteiger charge is 2.36. The monoisotopic (exact) mass is 353 g/mol. The first-order chi connectivity index (χ1) is 11.6. The van der Waals surface area contributed by atoms with Crippen LogP contribution in [-0.2, 0) is 15.7 Å². The lowest BCUT2D eigenvalue weighted by Gasteiger charge is -2.18. The van der Waals surface area contributed by atoms with Crippen LogP contribution in [-0.4, -0.2) is 27.4 Å². The zero-order valence-corrected chi connectivity index (χ0v) is 13.8. The summed E-state index contributed by atoms with van der Waals surface area (Å²) < 4.78 is 45.3. The van der Waals surface area contributed by atoms with Crippen molar-refractivity contribution < 1.29 is 22.7 Å². The lowest BCUT2D eigenvalue weighted by atomic mass is 10.1. The number of alkyl halides is 3. The van der Waals surface area contributed by atoms with Crippen LogP contribution in [0.2, 0.25) is 0 Å². The Balaban J connectivity index is 1.72. The first kappa shape index (κ1) is 17.5. The van der Waals surface area contributed by atoms with E-state index < -0.39 is 17.8 Å². The van der Waals surface area contributed by atoms with Gasteiger partial charge in [-0.2, -0.15) is 18.3 Å². The average Bonchev–Trinajstić information content (AvgIpc) is 3.13. The van der Waals surface area contributed by atoms with Gasteiger partial charge in [0.15, 0.2) is 5.82 Å². The van der Waals surface area contributed by atoms with Crippen LogP contribution >= 0.6 is 0 Å². The summed E-state index contributed by atoms with van der Waals surface area (Å²) in [5.41, 5.74) is -0.833. The van der Waals surface area contributed by atoms with Crippen LogP contribution < -0.4 is 5.32 Å². The van der Waals surface area contributed by atoms with Crippen molar-refractivity contribution in [1.29, 1.82) is 0 Å². The van der Waals surface area contributed by atoms with Crippen molar-refractivity contribution in [2.45, 2.75) is 44.6 Å². The number of rotatable bonds is 3. The van der Waals surface area contributed by atoms with E-state index >= 15 is 0 Å². The molecule has 1 unspecified atom stereocenters. The Morgan fingerprint density at radius 3 is 2.76 bits per heavy atom. The third-order valence-electron chi connectivity index (χ3n) is 4.04. The Morgan fingerprint density at radius 1 is 1.36 bits per heavy atom. The molecule has 0 radical (unpaired) electrons. The second kappa shape index (κ2) is 6.18. The van der Waals surface area contributed by atoms with E-state index in [4.69, 9.17) is 4.74 Å². The minimum absolute atomic E-state index is 0.258. The Bertz CT molecular complexity index is 783. The summed E-state index contributed by atoms with van der Waals surface area (Å²) in [6.45, 7) is 3.84. The van der Waals surface area contributed by atoms with E-state index in [-0.39, 0.29) is 23.0 Å². The van der Waals surface area contributed by atoms with Gasteiger partial charge in [0, 0.05) is 12.3 Å². The molecule has 1 fully saturated rings. The maximum Gasteiger partial charge on any atom is 0.416 e. The van der Waals surface area contributed by atoms with Crippen molar-refractivity contribution in [3.05, 3.63) is 42.1 Å². The molecule has 5 nitrogen and oxygen atoms in total. The van der Waals surface area contributed by atoms with Crippen molar-refractivity contribution in [2.75, 3.05) is 5.32 Å². The normalized spacial score (nSPS) is 19.8. The van der Waals surface area contributed by atoms with E-state index in [0.29, 0.717) is 6.42 Å². The van der Waals surface area contributed by atoms with Crippen LogP contribution in [0.1, 0.15) is 32.3 Å². The summed E-state index contributed by atoms with van der Waals surface area (Å²) in [5.74, 6) is -0.0458. The molecule has 2 heterocycles. The standard InChI is InChI=1S/C17H18F3N3O2/c1-16(2)8-6-13(25-16)15(24)21-14-7-9-23(22-14)12-5-3-4-11(10-12)17(18,19)20/h3-5,7,9-10,13H,6,8H2,1-2H3,(H,21,22,24). The second-order valence-electron chi connectivity index (χ2n) is 6.59. The number of halogens is 3. The molecule has 1 N–H and O–H groups in total. The van der Waals surface area contributed by atoms with Gasteiger partial charge in [-0.15, -0.1) is 0 Å². The molecular formula is C17H18F3N3O2. The topological polar surface area (TPSA) is 56.2 Å². The maximum absolute atomic E-state index is 12.8. The van der Waals surface area contributed by atoms with Gasteiger partial charge < -0.3 is 10.1 Å². The molecule has 1 atom stereocenters. The second-order valence-corrected chi connectivity index (χ2v) is 6.59. The number of amides is 1. The third-order valence-corrected chi connectivity index (χ3v) is 4.04. The Morgan fingerprint density at radius 2 is 2.12 bits per heavy atom. The summed E-state index contributed by atoms with van der Waals surface area (Å²) in [6.07, 6.45) is -2.08. The number of nitrogens with zero attached hydrogens (tertiary/aromatic N) is 2. The summed E-state index contributed by atoms with van der Waals surface area (Å²) in [6, 6.07) is 6.34. The molecule has 8 heteroatoms. The minimum atomic E-state index is -4.42. The lowest BCUT2D eigenvalue weighted by Crippen LogP contribution is -2.30. The quantitative estimate of drug-likeness (QED) is 0.913. The summed E-state index contributed by atoms with van der Waals surface area (Å²) in [5, 5.41) is 6.75. The SMILES string of the molecule is CC1(C)CCC(C(=O)Nc2ccn(-c3cccc(C(F)(F)F)c3)n2)O1. The molecule has 0 bridgehead atoms. The van der Waals surface area contributed by atoms with Gasteiger partial charge in [-0.25, -0.2) is 4.68 Å². The van der Waals surface area contributed by atoms with Gasteiger partial charge in [0.2, 0.25) is 0 Å². The zero-order chi connectivity index (χ0) is 18.2. The molecule has 0 aliphatic carbocycles. The number of hydrogen-bond donors (Lipinski definition) is 1. The molecule has 0 saturated carbocycles. The molecule has 3 rings (SSSR count). The van der Waals surface area contributed by atoms with Crippen LogP contribution in [0, 0.1) is 0 Å². The van der Waals surface area contributed by atoms with Crippen LogP contribution in [0.5, 0.6) is 0 Å². The van der Waals surface area contributed by atoms with E-state index in [1.165, 1.54) is 29.1 Å². The fourth-order valence-electron chi connectivity index (χ4n) is 2.73. The average molecular weight is 353 g/mol. The van der Waals surface area contributed by atoms with E-state index in [1.54, 1.807) is 0 Å². The number of ether oxygens (including phenoxy) is 1. The smallest absolute Gasteiger partial charge is 0.363 e. The van der Waals surface area contributed by atoms with Crippen molar-refractivity contribution >= 4 is 11.7 Å². The predicted molar refractivity (Wildman–Crippen MR) is 85.4 cm³/mol. The predicted octanol–water partition coefficient (Wildman–Crippen LogP) is 3.79. The summed E-state index contributed by atoms with van der Waals surface area (Å²) in [7, 11) is 0. The number of aromatic nitrogens is 2. The van der Waals surface area contributed by atoms with Crippen molar-refractivity contribution in [3.8, 4) is 5.69 Å². The number of anilines is 1. The van der Waals surface area contributed by atoms with E-state index in [1.807, 2.05) is 13.8 Å².